The van der Waals surface area contributed by atoms with E-state index in [1.54, 1.807) is 11.3 Å². The Morgan fingerprint density at radius 3 is 2.87 bits per heavy atom. The number of carboxylic acid groups (broad SMARTS) is 1. The lowest BCUT2D eigenvalue weighted by atomic mass is 10.0. The van der Waals surface area contributed by atoms with Gasteiger partial charge in [0.2, 0.25) is 5.89 Å². The van der Waals surface area contributed by atoms with E-state index in [9.17, 15) is 9.90 Å². The Kier molecular flexibility index (Phi) is 6.50. The summed E-state index contributed by atoms with van der Waals surface area (Å²) in [6, 6.07) is 11.5. The lowest BCUT2D eigenvalue weighted by Crippen LogP contribution is -2.43. The molecule has 2 aromatic heterocycles. The highest BCUT2D eigenvalue weighted by Crippen LogP contribution is 2.26. The van der Waals surface area contributed by atoms with E-state index in [-0.39, 0.29) is 6.04 Å². The number of carbonyl (C=O) groups is 1. The Morgan fingerprint density at radius 2 is 2.13 bits per heavy atom. The lowest BCUT2D eigenvalue weighted by Gasteiger charge is -2.32. The van der Waals surface area contributed by atoms with Crippen LogP contribution in [-0.4, -0.2) is 40.2 Å². The second kappa shape index (κ2) is 9.45. The van der Waals surface area contributed by atoms with Gasteiger partial charge in [-0.15, -0.1) is 11.3 Å². The number of piperidine rings is 1. The number of aryl methyl sites for hydroxylation is 1. The van der Waals surface area contributed by atoms with Crippen LogP contribution in [-0.2, 0) is 17.8 Å². The smallest absolute Gasteiger partial charge is 0.320 e. The molecule has 6 nitrogen and oxygen atoms in total. The molecule has 1 unspecified atom stereocenters. The number of aromatic nitrogens is 1. The summed E-state index contributed by atoms with van der Waals surface area (Å²) < 4.78 is 11.7. The highest BCUT2D eigenvalue weighted by Gasteiger charge is 2.28. The zero-order chi connectivity index (χ0) is 20.9. The predicted octanol–water partition coefficient (Wildman–Crippen LogP) is 4.77. The van der Waals surface area contributed by atoms with Crippen LogP contribution in [0.15, 0.2) is 46.2 Å². The summed E-state index contributed by atoms with van der Waals surface area (Å²) >= 11 is 1.61. The van der Waals surface area contributed by atoms with Gasteiger partial charge < -0.3 is 14.3 Å². The molecule has 7 heteroatoms. The number of rotatable bonds is 8. The second-order valence-electron chi connectivity index (χ2n) is 7.56. The molecule has 1 atom stereocenters. The van der Waals surface area contributed by atoms with Gasteiger partial charge in [0.05, 0.1) is 17.2 Å². The third-order valence-corrected chi connectivity index (χ3v) is 6.30. The molecule has 1 aliphatic rings. The Bertz CT molecular complexity index is 966. The zero-order valence-corrected chi connectivity index (χ0v) is 17.9. The first-order chi connectivity index (χ1) is 14.6. The summed E-state index contributed by atoms with van der Waals surface area (Å²) in [4.78, 5) is 19.1. The van der Waals surface area contributed by atoms with Crippen LogP contribution in [0.4, 0.5) is 0 Å². The standard InChI is InChI=1S/C23H26N2O4S/c1-16-19(24-22(29-16)21-6-4-14-30-21)11-13-28-18-9-7-17(8-10-18)15-25-12-3-2-5-20(25)23(26)27/h4,6-10,14,20H,2-3,5,11-13,15H2,1H3,(H,26,27). The fourth-order valence-electron chi connectivity index (χ4n) is 3.82. The van der Waals surface area contributed by atoms with Gasteiger partial charge in [-0.2, -0.15) is 0 Å². The van der Waals surface area contributed by atoms with Crippen molar-refractivity contribution >= 4 is 17.3 Å². The number of likely N-dealkylation sites (tertiary alicyclic amines) is 1. The summed E-state index contributed by atoms with van der Waals surface area (Å²) in [5.74, 6) is 1.57. The molecule has 158 valence electrons. The van der Waals surface area contributed by atoms with Crippen molar-refractivity contribution in [1.29, 1.82) is 0 Å². The summed E-state index contributed by atoms with van der Waals surface area (Å²) in [6.45, 7) is 3.93. The van der Waals surface area contributed by atoms with Gasteiger partial charge in [0.25, 0.3) is 0 Å². The summed E-state index contributed by atoms with van der Waals surface area (Å²) in [7, 11) is 0. The second-order valence-corrected chi connectivity index (χ2v) is 8.51. The predicted molar refractivity (Wildman–Crippen MR) is 116 cm³/mol. The number of hydrogen-bond donors (Lipinski definition) is 1. The van der Waals surface area contributed by atoms with Gasteiger partial charge >= 0.3 is 5.97 Å². The minimum Gasteiger partial charge on any atom is -0.493 e. The number of nitrogens with zero attached hydrogens (tertiary/aromatic N) is 2. The van der Waals surface area contributed by atoms with Crippen LogP contribution in [0.5, 0.6) is 5.75 Å². The van der Waals surface area contributed by atoms with Crippen LogP contribution < -0.4 is 4.74 Å². The van der Waals surface area contributed by atoms with Gasteiger partial charge in [0, 0.05) is 13.0 Å². The quantitative estimate of drug-likeness (QED) is 0.559. The highest BCUT2D eigenvalue weighted by atomic mass is 32.1. The van der Waals surface area contributed by atoms with Crippen LogP contribution in [0.3, 0.4) is 0 Å². The monoisotopic (exact) mass is 426 g/mol. The van der Waals surface area contributed by atoms with Crippen molar-refractivity contribution in [2.75, 3.05) is 13.2 Å². The van der Waals surface area contributed by atoms with Crippen LogP contribution in [0.1, 0.15) is 36.3 Å². The Balaban J connectivity index is 1.29. The van der Waals surface area contributed by atoms with E-state index in [1.165, 1.54) is 0 Å². The molecular weight excluding hydrogens is 400 g/mol. The number of aliphatic carboxylic acids is 1. The van der Waals surface area contributed by atoms with Gasteiger partial charge in [-0.25, -0.2) is 4.98 Å². The van der Waals surface area contributed by atoms with E-state index in [0.29, 0.717) is 25.5 Å². The molecule has 1 fully saturated rings. The van der Waals surface area contributed by atoms with Crippen molar-refractivity contribution in [3.8, 4) is 16.5 Å². The minimum atomic E-state index is -0.722. The van der Waals surface area contributed by atoms with Crippen LogP contribution in [0.2, 0.25) is 0 Å². The molecule has 0 bridgehead atoms. The molecule has 30 heavy (non-hydrogen) atoms. The number of thiophene rings is 1. The molecule has 0 amide bonds. The van der Waals surface area contributed by atoms with Gasteiger partial charge in [-0.1, -0.05) is 24.6 Å². The summed E-state index contributed by atoms with van der Waals surface area (Å²) in [5, 5.41) is 11.4. The lowest BCUT2D eigenvalue weighted by molar-refractivity contribution is -0.144. The normalized spacial score (nSPS) is 17.2. The fourth-order valence-corrected chi connectivity index (χ4v) is 4.47. The molecule has 0 saturated carbocycles. The minimum absolute atomic E-state index is 0.376. The first kappa shape index (κ1) is 20.6. The Hall–Kier alpha value is -2.64. The molecular formula is C23H26N2O4S. The number of benzene rings is 1. The zero-order valence-electron chi connectivity index (χ0n) is 17.0. The summed E-state index contributed by atoms with van der Waals surface area (Å²) in [5.41, 5.74) is 2.02. The Labute approximate surface area is 180 Å². The van der Waals surface area contributed by atoms with E-state index < -0.39 is 5.97 Å². The molecule has 1 aromatic carbocycles. The molecule has 1 N–H and O–H groups in total. The first-order valence-electron chi connectivity index (χ1n) is 10.3. The summed E-state index contributed by atoms with van der Waals surface area (Å²) in [6.07, 6.45) is 3.45. The van der Waals surface area contributed by atoms with E-state index in [0.717, 1.165) is 53.5 Å². The third-order valence-electron chi connectivity index (χ3n) is 5.44. The first-order valence-corrected chi connectivity index (χ1v) is 11.2. The van der Waals surface area contributed by atoms with Crippen molar-refractivity contribution in [2.45, 2.75) is 45.2 Å². The molecule has 1 aliphatic heterocycles. The number of carboxylic acids is 1. The SMILES string of the molecule is Cc1oc(-c2cccs2)nc1CCOc1ccc(CN2CCCCC2C(=O)O)cc1. The van der Waals surface area contributed by atoms with Crippen molar-refractivity contribution in [3.05, 3.63) is 58.8 Å². The van der Waals surface area contributed by atoms with Crippen LogP contribution >= 0.6 is 11.3 Å². The average molecular weight is 427 g/mol. The topological polar surface area (TPSA) is 75.8 Å². The van der Waals surface area contributed by atoms with Crippen molar-refractivity contribution in [2.24, 2.45) is 0 Å². The van der Waals surface area contributed by atoms with Crippen molar-refractivity contribution < 1.29 is 19.1 Å². The highest BCUT2D eigenvalue weighted by molar-refractivity contribution is 7.13. The van der Waals surface area contributed by atoms with Crippen LogP contribution in [0, 0.1) is 6.92 Å². The molecule has 1 saturated heterocycles. The van der Waals surface area contributed by atoms with Crippen LogP contribution in [0.25, 0.3) is 10.8 Å². The van der Waals surface area contributed by atoms with Gasteiger partial charge in [-0.05, 0) is 55.5 Å². The number of ether oxygens (including phenoxy) is 1. The van der Waals surface area contributed by atoms with Crippen molar-refractivity contribution in [1.82, 2.24) is 9.88 Å². The van der Waals surface area contributed by atoms with Gasteiger partial charge in [0.1, 0.15) is 17.6 Å². The van der Waals surface area contributed by atoms with Gasteiger partial charge in [-0.3, -0.25) is 9.69 Å². The maximum Gasteiger partial charge on any atom is 0.320 e. The van der Waals surface area contributed by atoms with E-state index in [4.69, 9.17) is 9.15 Å². The van der Waals surface area contributed by atoms with E-state index >= 15 is 0 Å². The molecule has 4 rings (SSSR count). The number of oxazole rings is 1. The number of hydrogen-bond acceptors (Lipinski definition) is 6. The Morgan fingerprint density at radius 1 is 1.30 bits per heavy atom. The van der Waals surface area contributed by atoms with E-state index in [1.807, 2.05) is 48.7 Å². The molecule has 3 heterocycles. The van der Waals surface area contributed by atoms with E-state index in [2.05, 4.69) is 9.88 Å². The third kappa shape index (κ3) is 4.91. The molecule has 0 spiro atoms. The molecule has 0 aliphatic carbocycles. The maximum atomic E-state index is 11.5. The van der Waals surface area contributed by atoms with Gasteiger partial charge in [0.15, 0.2) is 0 Å². The largest absolute Gasteiger partial charge is 0.493 e. The van der Waals surface area contributed by atoms with Crippen molar-refractivity contribution in [3.63, 3.8) is 0 Å². The fraction of sp³-hybridized carbons (Fsp3) is 0.391. The molecule has 0 radical (unpaired) electrons. The maximum absolute atomic E-state index is 11.5. The molecule has 3 aromatic rings. The average Bonchev–Trinajstić information content (AvgIpc) is 3.40.